The molecule has 1 nitrogen and oxygen atoms in total. The minimum absolute atomic E-state index is 0.817. The summed E-state index contributed by atoms with van der Waals surface area (Å²) < 4.78 is 0.855. The molecule has 3 heteroatoms. The summed E-state index contributed by atoms with van der Waals surface area (Å²) in [5.74, 6) is 0.817. The van der Waals surface area contributed by atoms with Gasteiger partial charge in [0.25, 0.3) is 0 Å². The van der Waals surface area contributed by atoms with Crippen LogP contribution in [0.2, 0.25) is 0 Å². The van der Waals surface area contributed by atoms with Crippen LogP contribution in [0.25, 0.3) is 0 Å². The summed E-state index contributed by atoms with van der Waals surface area (Å²) in [5, 5.41) is 4.23. The summed E-state index contributed by atoms with van der Waals surface area (Å²) >= 11 is 3.78. The van der Waals surface area contributed by atoms with Crippen molar-refractivity contribution in [3.63, 3.8) is 0 Å². The molecule has 3 radical (unpaired) electrons. The van der Waals surface area contributed by atoms with E-state index in [2.05, 4.69) is 44.8 Å². The van der Waals surface area contributed by atoms with Gasteiger partial charge in [0.15, 0.2) is 0 Å². The standard InChI is InChI=1S/C10H22NS.Sn/c1-5-11-8-9(3)7-10(4)12-6-2;/h6,9-11H,5,7-8H2,1-4H3;. The third-order valence-electron chi connectivity index (χ3n) is 1.91. The van der Waals surface area contributed by atoms with Gasteiger partial charge in [-0.3, -0.25) is 0 Å². The first-order chi connectivity index (χ1) is 6.06. The van der Waals surface area contributed by atoms with Gasteiger partial charge in [0.05, 0.1) is 0 Å². The molecule has 13 heavy (non-hydrogen) atoms. The number of hydrogen-bond acceptors (Lipinski definition) is 2. The molecule has 0 fully saturated rings. The molecule has 1 N–H and O–H groups in total. The molecule has 0 aliphatic rings. The zero-order valence-corrected chi connectivity index (χ0v) is 12.9. The number of rotatable bonds is 7. The average Bonchev–Trinajstić information content (AvgIpc) is 1.98. The SMILES string of the molecule is CCNCC(C)CC(C)S[CH](C)[Sn]. The predicted molar refractivity (Wildman–Crippen MR) is 64.6 cm³/mol. The van der Waals surface area contributed by atoms with Crippen molar-refractivity contribution in [3.8, 4) is 0 Å². The van der Waals surface area contributed by atoms with Gasteiger partial charge >= 0.3 is 101 Å². The van der Waals surface area contributed by atoms with Crippen LogP contribution in [0.3, 0.4) is 0 Å². The molecular formula is C10H22NSSn. The fourth-order valence-electron chi connectivity index (χ4n) is 1.44. The molecule has 0 aliphatic heterocycles. The second kappa shape index (κ2) is 8.42. The second-order valence-electron chi connectivity index (χ2n) is 3.74. The van der Waals surface area contributed by atoms with Gasteiger partial charge in [-0.1, -0.05) is 0 Å². The van der Waals surface area contributed by atoms with Crippen molar-refractivity contribution in [1.82, 2.24) is 5.32 Å². The van der Waals surface area contributed by atoms with Crippen molar-refractivity contribution >= 4 is 34.3 Å². The molecule has 0 bridgehead atoms. The molecule has 0 heterocycles. The Morgan fingerprint density at radius 3 is 2.38 bits per heavy atom. The summed E-state index contributed by atoms with van der Waals surface area (Å²) in [6.45, 7) is 11.4. The van der Waals surface area contributed by atoms with Crippen molar-refractivity contribution in [1.29, 1.82) is 0 Å². The minimum atomic E-state index is 0.817. The van der Waals surface area contributed by atoms with Crippen LogP contribution in [-0.2, 0) is 0 Å². The topological polar surface area (TPSA) is 12.0 Å². The number of thioether (sulfide) groups is 1. The molecule has 3 unspecified atom stereocenters. The fourth-order valence-corrected chi connectivity index (χ4v) is 4.57. The van der Waals surface area contributed by atoms with E-state index in [9.17, 15) is 0 Å². The molecule has 0 spiro atoms. The zero-order valence-electron chi connectivity index (χ0n) is 9.26. The van der Waals surface area contributed by atoms with Gasteiger partial charge in [-0.05, 0) is 0 Å². The fraction of sp³-hybridized carbons (Fsp3) is 1.00. The Bertz CT molecular complexity index is 119. The monoisotopic (exact) mass is 308 g/mol. The number of nitrogens with one attached hydrogen (secondary N) is 1. The summed E-state index contributed by atoms with van der Waals surface area (Å²) in [6.07, 6.45) is 1.34. The molecule has 0 aromatic carbocycles. The molecule has 0 aromatic rings. The van der Waals surface area contributed by atoms with Crippen LogP contribution in [-0.4, -0.2) is 44.1 Å². The van der Waals surface area contributed by atoms with E-state index in [4.69, 9.17) is 0 Å². The van der Waals surface area contributed by atoms with Crippen LogP contribution in [0.4, 0.5) is 0 Å². The first kappa shape index (κ1) is 14.1. The Hall–Kier alpha value is 1.11. The van der Waals surface area contributed by atoms with Crippen LogP contribution in [0.1, 0.15) is 34.1 Å². The van der Waals surface area contributed by atoms with E-state index in [1.807, 2.05) is 0 Å². The third-order valence-corrected chi connectivity index (χ3v) is 4.14. The van der Waals surface area contributed by atoms with Crippen LogP contribution < -0.4 is 5.32 Å². The quantitative estimate of drug-likeness (QED) is 0.724. The maximum absolute atomic E-state index is 3.40. The molecule has 0 aliphatic carbocycles. The van der Waals surface area contributed by atoms with E-state index < -0.39 is 0 Å². The Morgan fingerprint density at radius 2 is 1.92 bits per heavy atom. The number of hydrogen-bond donors (Lipinski definition) is 1. The molecule has 0 saturated heterocycles. The van der Waals surface area contributed by atoms with Crippen LogP contribution in [0.5, 0.6) is 0 Å². The van der Waals surface area contributed by atoms with Gasteiger partial charge in [-0.25, -0.2) is 0 Å². The summed E-state index contributed by atoms with van der Waals surface area (Å²) in [4.78, 5) is 0. The maximum atomic E-state index is 3.40. The van der Waals surface area contributed by atoms with E-state index in [-0.39, 0.29) is 0 Å². The van der Waals surface area contributed by atoms with E-state index in [0.29, 0.717) is 0 Å². The molecule has 0 saturated carbocycles. The Labute approximate surface area is 101 Å². The zero-order chi connectivity index (χ0) is 10.3. The molecule has 0 aromatic heterocycles. The van der Waals surface area contributed by atoms with Crippen molar-refractivity contribution in [2.24, 2.45) is 5.92 Å². The van der Waals surface area contributed by atoms with Gasteiger partial charge in [0.2, 0.25) is 0 Å². The summed E-state index contributed by atoms with van der Waals surface area (Å²) in [5.41, 5.74) is 0. The second-order valence-corrected chi connectivity index (χ2v) is 9.19. The third kappa shape index (κ3) is 9.41. The Morgan fingerprint density at radius 1 is 1.31 bits per heavy atom. The van der Waals surface area contributed by atoms with Gasteiger partial charge in [-0.2, -0.15) is 0 Å². The predicted octanol–water partition coefficient (Wildman–Crippen LogP) is 2.26. The summed E-state index contributed by atoms with van der Waals surface area (Å²) in [6, 6.07) is 0. The van der Waals surface area contributed by atoms with E-state index in [1.165, 1.54) is 13.0 Å². The van der Waals surface area contributed by atoms with Crippen molar-refractivity contribution in [2.45, 2.75) is 42.6 Å². The molecule has 0 rings (SSSR count). The van der Waals surface area contributed by atoms with Crippen LogP contribution in [0, 0.1) is 5.92 Å². The average molecular weight is 307 g/mol. The first-order valence-corrected chi connectivity index (χ1v) is 7.72. The van der Waals surface area contributed by atoms with Gasteiger partial charge in [0.1, 0.15) is 0 Å². The Kier molecular flexibility index (Phi) is 9.14. The van der Waals surface area contributed by atoms with Crippen molar-refractivity contribution in [2.75, 3.05) is 13.1 Å². The van der Waals surface area contributed by atoms with Gasteiger partial charge in [0, 0.05) is 0 Å². The van der Waals surface area contributed by atoms with E-state index >= 15 is 0 Å². The van der Waals surface area contributed by atoms with Crippen molar-refractivity contribution < 1.29 is 0 Å². The summed E-state index contributed by atoms with van der Waals surface area (Å²) in [7, 11) is 0. The molecule has 3 atom stereocenters. The first-order valence-electron chi connectivity index (χ1n) is 5.13. The van der Waals surface area contributed by atoms with Crippen LogP contribution >= 0.6 is 11.8 Å². The van der Waals surface area contributed by atoms with E-state index in [0.717, 1.165) is 21.0 Å². The molecule has 77 valence electrons. The van der Waals surface area contributed by atoms with Gasteiger partial charge < -0.3 is 0 Å². The normalized spacial score (nSPS) is 18.2. The van der Waals surface area contributed by atoms with E-state index in [1.54, 1.807) is 22.5 Å². The molecule has 0 amide bonds. The van der Waals surface area contributed by atoms with Crippen LogP contribution in [0.15, 0.2) is 0 Å². The molecular weight excluding hydrogens is 285 g/mol. The van der Waals surface area contributed by atoms with Gasteiger partial charge in [-0.15, -0.1) is 0 Å². The Balaban J connectivity index is 3.46. The van der Waals surface area contributed by atoms with Crippen molar-refractivity contribution in [3.05, 3.63) is 0 Å².